The molecule has 138 valence electrons. The number of carbonyl (C=O) groups is 3. The van der Waals surface area contributed by atoms with Gasteiger partial charge in [0, 0.05) is 4.47 Å². The monoisotopic (exact) mass is 416 g/mol. The SMILES string of the molecule is CC(C)(C)OC(=O)N(C(=O)OC(C)(C)C)c1cc(Br)cc(C(=O)O)n1. The fourth-order valence-corrected chi connectivity index (χ4v) is 2.01. The summed E-state index contributed by atoms with van der Waals surface area (Å²) in [6.07, 6.45) is -2.05. The summed E-state index contributed by atoms with van der Waals surface area (Å²) in [6, 6.07) is 2.56. The molecule has 25 heavy (non-hydrogen) atoms. The normalized spacial score (nSPS) is 11.6. The van der Waals surface area contributed by atoms with E-state index in [0.717, 1.165) is 0 Å². The predicted molar refractivity (Wildman–Crippen MR) is 93.8 cm³/mol. The zero-order valence-electron chi connectivity index (χ0n) is 14.9. The molecule has 0 aromatic carbocycles. The number of rotatable bonds is 2. The van der Waals surface area contributed by atoms with E-state index in [2.05, 4.69) is 20.9 Å². The van der Waals surface area contributed by atoms with Crippen molar-refractivity contribution in [1.82, 2.24) is 4.98 Å². The van der Waals surface area contributed by atoms with Crippen molar-refractivity contribution in [2.24, 2.45) is 0 Å². The number of carboxylic acid groups (broad SMARTS) is 1. The van der Waals surface area contributed by atoms with Crippen molar-refractivity contribution in [3.63, 3.8) is 0 Å². The summed E-state index contributed by atoms with van der Waals surface area (Å²) < 4.78 is 10.8. The molecule has 1 aromatic rings. The number of carbonyl (C=O) groups excluding carboxylic acids is 2. The molecule has 9 heteroatoms. The fraction of sp³-hybridized carbons (Fsp3) is 0.500. The molecule has 0 fully saturated rings. The fourth-order valence-electron chi connectivity index (χ4n) is 1.58. The first kappa shape index (κ1) is 20.9. The first-order chi connectivity index (χ1) is 11.2. The average molecular weight is 417 g/mol. The number of halogens is 1. The number of nitrogens with zero attached hydrogens (tertiary/aromatic N) is 2. The molecule has 0 aliphatic carbocycles. The molecule has 1 heterocycles. The van der Waals surface area contributed by atoms with Crippen LogP contribution in [0.4, 0.5) is 15.4 Å². The quantitative estimate of drug-likeness (QED) is 0.768. The van der Waals surface area contributed by atoms with Crippen LogP contribution in [0.1, 0.15) is 52.0 Å². The van der Waals surface area contributed by atoms with E-state index >= 15 is 0 Å². The number of imide groups is 1. The van der Waals surface area contributed by atoms with Crippen LogP contribution >= 0.6 is 15.9 Å². The molecular weight excluding hydrogens is 396 g/mol. The summed E-state index contributed by atoms with van der Waals surface area (Å²) in [7, 11) is 0. The zero-order chi connectivity index (χ0) is 19.6. The van der Waals surface area contributed by atoms with E-state index in [4.69, 9.17) is 14.6 Å². The van der Waals surface area contributed by atoms with Crippen LogP contribution in [0.25, 0.3) is 0 Å². The van der Waals surface area contributed by atoms with E-state index < -0.39 is 29.4 Å². The van der Waals surface area contributed by atoms with Crippen molar-refractivity contribution >= 4 is 39.9 Å². The number of hydrogen-bond acceptors (Lipinski definition) is 6. The van der Waals surface area contributed by atoms with Crippen molar-refractivity contribution < 1.29 is 29.0 Å². The van der Waals surface area contributed by atoms with Crippen molar-refractivity contribution in [3.05, 3.63) is 22.3 Å². The molecular formula is C16H21BrN2O6. The lowest BCUT2D eigenvalue weighted by Crippen LogP contribution is -2.44. The number of aromatic carboxylic acids is 1. The Morgan fingerprint density at radius 1 is 1.00 bits per heavy atom. The predicted octanol–water partition coefficient (Wildman–Crippen LogP) is 4.22. The summed E-state index contributed by atoms with van der Waals surface area (Å²) in [5, 5.41) is 9.13. The Balaban J connectivity index is 3.38. The van der Waals surface area contributed by atoms with Gasteiger partial charge >= 0.3 is 18.2 Å². The number of pyridine rings is 1. The van der Waals surface area contributed by atoms with E-state index in [1.54, 1.807) is 41.5 Å². The molecule has 0 aliphatic heterocycles. The van der Waals surface area contributed by atoms with Gasteiger partial charge in [0.25, 0.3) is 0 Å². The van der Waals surface area contributed by atoms with Crippen LogP contribution in [-0.2, 0) is 9.47 Å². The molecule has 0 saturated heterocycles. The van der Waals surface area contributed by atoms with Crippen molar-refractivity contribution in [2.45, 2.75) is 52.7 Å². The van der Waals surface area contributed by atoms with Crippen LogP contribution in [0.5, 0.6) is 0 Å². The highest BCUT2D eigenvalue weighted by atomic mass is 79.9. The second kappa shape index (κ2) is 7.38. The Morgan fingerprint density at radius 3 is 1.80 bits per heavy atom. The maximum absolute atomic E-state index is 12.5. The van der Waals surface area contributed by atoms with Crippen LogP contribution < -0.4 is 4.90 Å². The second-order valence-electron chi connectivity index (χ2n) is 7.13. The van der Waals surface area contributed by atoms with E-state index in [9.17, 15) is 14.4 Å². The van der Waals surface area contributed by atoms with Gasteiger partial charge < -0.3 is 14.6 Å². The first-order valence-corrected chi connectivity index (χ1v) is 8.16. The number of ether oxygens (including phenoxy) is 2. The molecule has 1 rings (SSSR count). The molecule has 0 unspecified atom stereocenters. The van der Waals surface area contributed by atoms with E-state index in [-0.39, 0.29) is 11.5 Å². The molecule has 0 saturated carbocycles. The van der Waals surface area contributed by atoms with E-state index in [0.29, 0.717) is 9.37 Å². The maximum atomic E-state index is 12.5. The molecule has 8 nitrogen and oxygen atoms in total. The lowest BCUT2D eigenvalue weighted by Gasteiger charge is -2.28. The van der Waals surface area contributed by atoms with Crippen LogP contribution in [0.3, 0.4) is 0 Å². The Morgan fingerprint density at radius 2 is 1.44 bits per heavy atom. The van der Waals surface area contributed by atoms with Crippen LogP contribution in [0, 0.1) is 0 Å². The highest BCUT2D eigenvalue weighted by molar-refractivity contribution is 9.10. The Bertz CT molecular complexity index is 663. The molecule has 0 bridgehead atoms. The highest BCUT2D eigenvalue weighted by Crippen LogP contribution is 2.24. The highest BCUT2D eigenvalue weighted by Gasteiger charge is 2.34. The molecule has 2 amide bonds. The van der Waals surface area contributed by atoms with Gasteiger partial charge in [-0.1, -0.05) is 15.9 Å². The summed E-state index contributed by atoms with van der Waals surface area (Å²) >= 11 is 3.14. The molecule has 1 N–H and O–H groups in total. The van der Waals surface area contributed by atoms with Gasteiger partial charge in [0.15, 0.2) is 11.5 Å². The van der Waals surface area contributed by atoms with E-state index in [1.165, 1.54) is 12.1 Å². The Kier molecular flexibility index (Phi) is 6.17. The van der Waals surface area contributed by atoms with Crippen LogP contribution in [0.15, 0.2) is 16.6 Å². The van der Waals surface area contributed by atoms with Gasteiger partial charge in [0.1, 0.15) is 11.2 Å². The van der Waals surface area contributed by atoms with Crippen molar-refractivity contribution in [3.8, 4) is 0 Å². The van der Waals surface area contributed by atoms with Gasteiger partial charge in [0.2, 0.25) is 0 Å². The number of anilines is 1. The first-order valence-electron chi connectivity index (χ1n) is 7.36. The minimum Gasteiger partial charge on any atom is -0.477 e. The van der Waals surface area contributed by atoms with Gasteiger partial charge in [-0.3, -0.25) is 0 Å². The summed E-state index contributed by atoms with van der Waals surface area (Å²) in [6.45, 7) is 9.80. The largest absolute Gasteiger partial charge is 0.477 e. The molecule has 0 atom stereocenters. The number of hydrogen-bond donors (Lipinski definition) is 1. The Hall–Kier alpha value is -2.16. The number of carboxylic acids is 1. The lowest BCUT2D eigenvalue weighted by atomic mass is 10.2. The smallest absolute Gasteiger partial charge is 0.425 e. The molecule has 0 radical (unpaired) electrons. The Labute approximate surface area is 154 Å². The van der Waals surface area contributed by atoms with Gasteiger partial charge in [-0.25, -0.2) is 19.4 Å². The van der Waals surface area contributed by atoms with Gasteiger partial charge in [-0.05, 0) is 53.7 Å². The lowest BCUT2D eigenvalue weighted by molar-refractivity contribution is 0.0427. The third-order valence-electron chi connectivity index (χ3n) is 2.38. The van der Waals surface area contributed by atoms with E-state index in [1.807, 2.05) is 0 Å². The maximum Gasteiger partial charge on any atom is 0.425 e. The minimum absolute atomic E-state index is 0.227. The molecule has 0 aliphatic rings. The van der Waals surface area contributed by atoms with Crippen molar-refractivity contribution in [1.29, 1.82) is 0 Å². The zero-order valence-corrected chi connectivity index (χ0v) is 16.5. The van der Waals surface area contributed by atoms with Crippen molar-refractivity contribution in [2.75, 3.05) is 4.90 Å². The number of amides is 2. The standard InChI is InChI=1S/C16H21BrN2O6/c1-15(2,3)24-13(22)19(14(23)25-16(4,5)6)11-8-9(17)7-10(18-11)12(20)21/h7-8H,1-6H3,(H,20,21). The van der Waals surface area contributed by atoms with Gasteiger partial charge in [-0.2, -0.15) is 4.90 Å². The second-order valence-corrected chi connectivity index (χ2v) is 8.05. The molecule has 0 spiro atoms. The molecule has 1 aromatic heterocycles. The van der Waals surface area contributed by atoms with Crippen LogP contribution in [-0.4, -0.2) is 39.4 Å². The van der Waals surface area contributed by atoms with Gasteiger partial charge in [-0.15, -0.1) is 0 Å². The average Bonchev–Trinajstić information content (AvgIpc) is 2.33. The summed E-state index contributed by atoms with van der Waals surface area (Å²) in [5.41, 5.74) is -2.10. The van der Waals surface area contributed by atoms with Gasteiger partial charge in [0.05, 0.1) is 0 Å². The minimum atomic E-state index is -1.31. The summed E-state index contributed by atoms with van der Waals surface area (Å²) in [4.78, 5) is 40.5. The number of aromatic nitrogens is 1. The third-order valence-corrected chi connectivity index (χ3v) is 2.83. The topological polar surface area (TPSA) is 106 Å². The summed E-state index contributed by atoms with van der Waals surface area (Å²) in [5.74, 6) is -1.54. The van der Waals surface area contributed by atoms with Crippen LogP contribution in [0.2, 0.25) is 0 Å². The third kappa shape index (κ3) is 6.69.